The Balaban J connectivity index is 1.92. The monoisotopic (exact) mass is 323 g/mol. The van der Waals surface area contributed by atoms with Crippen LogP contribution in [-0.2, 0) is 19.7 Å². The second-order valence-electron chi connectivity index (χ2n) is 5.97. The Bertz CT molecular complexity index is 522. The van der Waals surface area contributed by atoms with E-state index in [9.17, 15) is 0 Å². The molecule has 122 valence electrons. The Morgan fingerprint density at radius 2 is 2.14 bits per heavy atom. The van der Waals surface area contributed by atoms with Gasteiger partial charge in [0.05, 0.1) is 30.7 Å². The van der Waals surface area contributed by atoms with E-state index in [4.69, 9.17) is 19.2 Å². The zero-order valence-electron chi connectivity index (χ0n) is 13.5. The van der Waals surface area contributed by atoms with Crippen LogP contribution in [0.5, 0.6) is 0 Å². The van der Waals surface area contributed by atoms with Crippen molar-refractivity contribution in [1.82, 2.24) is 0 Å². The van der Waals surface area contributed by atoms with Gasteiger partial charge in [0.25, 0.3) is 0 Å². The van der Waals surface area contributed by atoms with Gasteiger partial charge in [-0.3, -0.25) is 0 Å². The Kier molecular flexibility index (Phi) is 5.16. The van der Waals surface area contributed by atoms with Gasteiger partial charge in [-0.1, -0.05) is 19.8 Å². The SMILES string of the molecule is CCCC1(c2ccc(C3OCCO3)s2)CCCCC(OC)=N1. The highest BCUT2D eigenvalue weighted by molar-refractivity contribution is 7.12. The summed E-state index contributed by atoms with van der Waals surface area (Å²) in [6.45, 7) is 3.60. The molecule has 1 saturated heterocycles. The predicted octanol–water partition coefficient (Wildman–Crippen LogP) is 4.41. The van der Waals surface area contributed by atoms with Crippen molar-refractivity contribution >= 4 is 17.2 Å². The van der Waals surface area contributed by atoms with Gasteiger partial charge >= 0.3 is 0 Å². The third-order valence-corrected chi connectivity index (χ3v) is 5.71. The Labute approximate surface area is 136 Å². The van der Waals surface area contributed by atoms with Gasteiger partial charge in [0.15, 0.2) is 12.2 Å². The molecular formula is C17H25NO3S. The van der Waals surface area contributed by atoms with Gasteiger partial charge in [-0.2, -0.15) is 0 Å². The van der Waals surface area contributed by atoms with Crippen molar-refractivity contribution in [2.75, 3.05) is 20.3 Å². The summed E-state index contributed by atoms with van der Waals surface area (Å²) < 4.78 is 16.8. The molecule has 3 rings (SSSR count). The lowest BCUT2D eigenvalue weighted by molar-refractivity contribution is -0.0413. The number of nitrogens with zero attached hydrogens (tertiary/aromatic N) is 1. The number of methoxy groups -OCH3 is 1. The maximum Gasteiger partial charge on any atom is 0.193 e. The highest BCUT2D eigenvalue weighted by Gasteiger charge is 2.35. The topological polar surface area (TPSA) is 40.0 Å². The molecule has 1 unspecified atom stereocenters. The highest BCUT2D eigenvalue weighted by Crippen LogP contribution is 2.43. The van der Waals surface area contributed by atoms with Gasteiger partial charge in [0, 0.05) is 11.3 Å². The Morgan fingerprint density at radius 1 is 1.32 bits per heavy atom. The summed E-state index contributed by atoms with van der Waals surface area (Å²) in [5.41, 5.74) is -0.127. The van der Waals surface area contributed by atoms with Gasteiger partial charge in [-0.25, -0.2) is 4.99 Å². The van der Waals surface area contributed by atoms with Crippen LogP contribution in [0.2, 0.25) is 0 Å². The second-order valence-corrected chi connectivity index (χ2v) is 7.09. The van der Waals surface area contributed by atoms with E-state index >= 15 is 0 Å². The van der Waals surface area contributed by atoms with Crippen molar-refractivity contribution < 1.29 is 14.2 Å². The first kappa shape index (κ1) is 16.0. The minimum Gasteiger partial charge on any atom is -0.484 e. The van der Waals surface area contributed by atoms with E-state index in [1.807, 2.05) is 0 Å². The molecule has 0 saturated carbocycles. The summed E-state index contributed by atoms with van der Waals surface area (Å²) in [5.74, 6) is 0.897. The van der Waals surface area contributed by atoms with Crippen LogP contribution in [0.25, 0.3) is 0 Å². The summed E-state index contributed by atoms with van der Waals surface area (Å²) in [4.78, 5) is 7.52. The van der Waals surface area contributed by atoms with Gasteiger partial charge < -0.3 is 14.2 Å². The normalized spacial score (nSPS) is 26.7. The number of ether oxygens (including phenoxy) is 3. The fourth-order valence-electron chi connectivity index (χ4n) is 3.34. The first-order chi connectivity index (χ1) is 10.8. The molecule has 0 spiro atoms. The van der Waals surface area contributed by atoms with Crippen LogP contribution in [0.3, 0.4) is 0 Å². The molecule has 2 aliphatic rings. The van der Waals surface area contributed by atoms with Crippen LogP contribution in [-0.4, -0.2) is 26.2 Å². The van der Waals surface area contributed by atoms with Crippen molar-refractivity contribution in [2.24, 2.45) is 4.99 Å². The van der Waals surface area contributed by atoms with E-state index in [-0.39, 0.29) is 11.8 Å². The van der Waals surface area contributed by atoms with Crippen molar-refractivity contribution in [1.29, 1.82) is 0 Å². The first-order valence-electron chi connectivity index (χ1n) is 8.23. The van der Waals surface area contributed by atoms with E-state index in [1.54, 1.807) is 18.4 Å². The molecule has 1 fully saturated rings. The van der Waals surface area contributed by atoms with Crippen LogP contribution < -0.4 is 0 Å². The molecule has 5 heteroatoms. The van der Waals surface area contributed by atoms with Gasteiger partial charge in [-0.05, 0) is 31.4 Å². The molecule has 1 atom stereocenters. The number of thiophene rings is 1. The van der Waals surface area contributed by atoms with E-state index < -0.39 is 0 Å². The third kappa shape index (κ3) is 3.21. The molecule has 3 heterocycles. The first-order valence-corrected chi connectivity index (χ1v) is 9.05. The summed E-state index contributed by atoms with van der Waals surface area (Å²) in [5, 5.41) is 0. The highest BCUT2D eigenvalue weighted by atomic mass is 32.1. The van der Waals surface area contributed by atoms with Gasteiger partial charge in [0.1, 0.15) is 0 Å². The molecule has 0 amide bonds. The fourth-order valence-corrected chi connectivity index (χ4v) is 4.54. The summed E-state index contributed by atoms with van der Waals surface area (Å²) in [6, 6.07) is 4.35. The number of aliphatic imine (C=N–C) groups is 1. The minimum atomic E-state index is -0.186. The van der Waals surface area contributed by atoms with Gasteiger partial charge in [0.2, 0.25) is 0 Å². The van der Waals surface area contributed by atoms with E-state index in [1.165, 1.54) is 11.3 Å². The lowest BCUT2D eigenvalue weighted by Crippen LogP contribution is -2.23. The third-order valence-electron chi connectivity index (χ3n) is 4.41. The van der Waals surface area contributed by atoms with E-state index in [0.29, 0.717) is 13.2 Å². The maximum absolute atomic E-state index is 5.63. The molecular weight excluding hydrogens is 298 g/mol. The average molecular weight is 323 g/mol. The van der Waals surface area contributed by atoms with Crippen LogP contribution in [0, 0.1) is 0 Å². The molecule has 0 N–H and O–H groups in total. The molecule has 0 aromatic carbocycles. The fraction of sp³-hybridized carbons (Fsp3) is 0.706. The number of hydrogen-bond donors (Lipinski definition) is 0. The molecule has 2 aliphatic heterocycles. The minimum absolute atomic E-state index is 0.127. The molecule has 22 heavy (non-hydrogen) atoms. The zero-order valence-corrected chi connectivity index (χ0v) is 14.3. The van der Waals surface area contributed by atoms with Gasteiger partial charge in [-0.15, -0.1) is 11.3 Å². The summed E-state index contributed by atoms with van der Waals surface area (Å²) >= 11 is 1.78. The maximum atomic E-state index is 5.63. The predicted molar refractivity (Wildman–Crippen MR) is 88.5 cm³/mol. The van der Waals surface area contributed by atoms with Crippen molar-refractivity contribution in [3.8, 4) is 0 Å². The van der Waals surface area contributed by atoms with Crippen LogP contribution >= 0.6 is 11.3 Å². The van der Waals surface area contributed by atoms with Crippen molar-refractivity contribution in [2.45, 2.75) is 57.3 Å². The molecule has 0 aliphatic carbocycles. The van der Waals surface area contributed by atoms with E-state index in [2.05, 4.69) is 19.1 Å². The van der Waals surface area contributed by atoms with Crippen molar-refractivity contribution in [3.63, 3.8) is 0 Å². The summed E-state index contributed by atoms with van der Waals surface area (Å²) in [6.07, 6.45) is 6.39. The van der Waals surface area contributed by atoms with Crippen LogP contribution in [0.1, 0.15) is 61.5 Å². The standard InChI is InChI=1S/C17H25NO3S/c1-3-9-17(10-5-4-6-15(18-17)19-2)14-8-7-13(22-14)16-20-11-12-21-16/h7-8,16H,3-6,9-12H2,1-2H3. The molecule has 1 aromatic rings. The average Bonchev–Trinajstić information content (AvgIpc) is 3.17. The lowest BCUT2D eigenvalue weighted by atomic mass is 9.87. The largest absolute Gasteiger partial charge is 0.484 e. The number of hydrogen-bond acceptors (Lipinski definition) is 5. The Morgan fingerprint density at radius 3 is 2.86 bits per heavy atom. The molecule has 0 radical (unpaired) electrons. The Hall–Kier alpha value is -0.910. The van der Waals surface area contributed by atoms with Crippen LogP contribution in [0.4, 0.5) is 0 Å². The second kappa shape index (κ2) is 7.11. The van der Waals surface area contributed by atoms with Crippen LogP contribution in [0.15, 0.2) is 17.1 Å². The summed E-state index contributed by atoms with van der Waals surface area (Å²) in [7, 11) is 1.74. The molecule has 0 bridgehead atoms. The molecule has 4 nitrogen and oxygen atoms in total. The van der Waals surface area contributed by atoms with E-state index in [0.717, 1.165) is 42.9 Å². The lowest BCUT2D eigenvalue weighted by Gasteiger charge is -2.28. The smallest absolute Gasteiger partial charge is 0.193 e. The quantitative estimate of drug-likeness (QED) is 0.824. The number of rotatable bonds is 4. The molecule has 1 aromatic heterocycles. The zero-order chi connectivity index (χ0) is 15.4. The van der Waals surface area contributed by atoms with Crippen molar-refractivity contribution in [3.05, 3.63) is 21.9 Å².